The maximum absolute atomic E-state index is 11.8. The van der Waals surface area contributed by atoms with E-state index >= 15 is 0 Å². The SMILES string of the molecule is CCCC(N1CCN(c2cccc(Cl)c2C)CC1)n1c2c(c3cc(C(N)=O)ccc31)CCC2. The van der Waals surface area contributed by atoms with Crippen LogP contribution in [0.4, 0.5) is 5.69 Å². The summed E-state index contributed by atoms with van der Waals surface area (Å²) in [7, 11) is 0. The van der Waals surface area contributed by atoms with E-state index in [0.29, 0.717) is 11.7 Å². The summed E-state index contributed by atoms with van der Waals surface area (Å²) in [6.07, 6.45) is 5.96. The summed E-state index contributed by atoms with van der Waals surface area (Å²) in [4.78, 5) is 16.9. The predicted molar refractivity (Wildman–Crippen MR) is 136 cm³/mol. The van der Waals surface area contributed by atoms with E-state index in [1.54, 1.807) is 0 Å². The first-order valence-electron chi connectivity index (χ1n) is 12.2. The van der Waals surface area contributed by atoms with Gasteiger partial charge in [-0.3, -0.25) is 9.69 Å². The lowest BCUT2D eigenvalue weighted by atomic mass is 10.1. The molecule has 1 fully saturated rings. The first-order valence-corrected chi connectivity index (χ1v) is 12.6. The number of amides is 1. The number of primary amides is 1. The minimum absolute atomic E-state index is 0.335. The van der Waals surface area contributed by atoms with Gasteiger partial charge in [-0.05, 0) is 74.1 Å². The van der Waals surface area contributed by atoms with Crippen LogP contribution in [0.2, 0.25) is 5.02 Å². The Labute approximate surface area is 201 Å². The Bertz CT molecular complexity index is 1190. The third kappa shape index (κ3) is 3.91. The van der Waals surface area contributed by atoms with Crippen molar-refractivity contribution in [2.45, 2.75) is 52.1 Å². The summed E-state index contributed by atoms with van der Waals surface area (Å²) in [6, 6.07) is 12.2. The van der Waals surface area contributed by atoms with Crippen LogP contribution in [0.1, 0.15) is 59.5 Å². The van der Waals surface area contributed by atoms with Crippen LogP contribution < -0.4 is 10.6 Å². The zero-order valence-electron chi connectivity index (χ0n) is 19.6. The summed E-state index contributed by atoms with van der Waals surface area (Å²) in [5.74, 6) is -0.353. The van der Waals surface area contributed by atoms with Crippen molar-refractivity contribution in [2.24, 2.45) is 5.73 Å². The van der Waals surface area contributed by atoms with Crippen molar-refractivity contribution in [3.63, 3.8) is 0 Å². The highest BCUT2D eigenvalue weighted by atomic mass is 35.5. The molecule has 2 heterocycles. The minimum atomic E-state index is -0.353. The van der Waals surface area contributed by atoms with E-state index in [4.69, 9.17) is 17.3 Å². The van der Waals surface area contributed by atoms with Crippen LogP contribution in [0, 0.1) is 6.92 Å². The fraction of sp³-hybridized carbons (Fsp3) is 0.444. The highest BCUT2D eigenvalue weighted by Gasteiger charge is 2.31. The number of fused-ring (bicyclic) bond motifs is 3. The zero-order valence-corrected chi connectivity index (χ0v) is 20.4. The van der Waals surface area contributed by atoms with Gasteiger partial charge < -0.3 is 15.2 Å². The molecule has 2 aromatic carbocycles. The molecule has 0 saturated carbocycles. The van der Waals surface area contributed by atoms with Gasteiger partial charge in [0.25, 0.3) is 0 Å². The molecule has 174 valence electrons. The highest BCUT2D eigenvalue weighted by molar-refractivity contribution is 6.31. The Hall–Kier alpha value is -2.50. The van der Waals surface area contributed by atoms with Gasteiger partial charge in [0.05, 0.1) is 6.17 Å². The molecule has 2 aliphatic rings. The Morgan fingerprint density at radius 2 is 1.91 bits per heavy atom. The Balaban J connectivity index is 1.47. The summed E-state index contributed by atoms with van der Waals surface area (Å²) in [5, 5.41) is 2.05. The number of hydrogen-bond donors (Lipinski definition) is 1. The molecule has 0 radical (unpaired) electrons. The number of halogens is 1. The second-order valence-corrected chi connectivity index (χ2v) is 9.83. The molecule has 5 nitrogen and oxygen atoms in total. The molecular formula is C27H33ClN4O. The zero-order chi connectivity index (χ0) is 23.1. The number of rotatable bonds is 6. The van der Waals surface area contributed by atoms with Gasteiger partial charge in [-0.15, -0.1) is 0 Å². The van der Waals surface area contributed by atoms with Gasteiger partial charge in [0.2, 0.25) is 5.91 Å². The fourth-order valence-corrected chi connectivity index (χ4v) is 6.01. The van der Waals surface area contributed by atoms with Crippen LogP contribution in [0.15, 0.2) is 36.4 Å². The molecule has 1 aromatic heterocycles. The van der Waals surface area contributed by atoms with Crippen molar-refractivity contribution in [1.82, 2.24) is 9.47 Å². The lowest BCUT2D eigenvalue weighted by Gasteiger charge is -2.42. The number of carbonyl (C=O) groups excluding carboxylic acids is 1. The number of piperazine rings is 1. The molecule has 2 N–H and O–H groups in total. The second-order valence-electron chi connectivity index (χ2n) is 9.42. The maximum atomic E-state index is 11.8. The third-order valence-electron chi connectivity index (χ3n) is 7.51. The van der Waals surface area contributed by atoms with Crippen LogP contribution in [0.25, 0.3) is 10.9 Å². The van der Waals surface area contributed by atoms with E-state index in [0.717, 1.165) is 62.4 Å². The minimum Gasteiger partial charge on any atom is -0.369 e. The number of nitrogens with two attached hydrogens (primary N) is 1. The van der Waals surface area contributed by atoms with Gasteiger partial charge in [-0.2, -0.15) is 0 Å². The van der Waals surface area contributed by atoms with Crippen LogP contribution in [0.3, 0.4) is 0 Å². The fourth-order valence-electron chi connectivity index (χ4n) is 5.84. The van der Waals surface area contributed by atoms with Gasteiger partial charge in [0, 0.05) is 59.0 Å². The average Bonchev–Trinajstić information content (AvgIpc) is 3.40. The van der Waals surface area contributed by atoms with Crippen LogP contribution in [0.5, 0.6) is 0 Å². The molecular weight excluding hydrogens is 432 g/mol. The van der Waals surface area contributed by atoms with E-state index in [2.05, 4.69) is 40.3 Å². The van der Waals surface area contributed by atoms with Crippen molar-refractivity contribution in [2.75, 3.05) is 31.1 Å². The lowest BCUT2D eigenvalue weighted by molar-refractivity contribution is 0.100. The number of aromatic nitrogens is 1. The van der Waals surface area contributed by atoms with Gasteiger partial charge >= 0.3 is 0 Å². The standard InChI is InChI=1S/C27H33ClN4O/c1-3-6-26(31-15-13-30(14-16-31)23-9-5-8-22(28)18(23)2)32-24-10-4-7-20(24)21-17-19(27(29)33)11-12-25(21)32/h5,8-9,11-12,17,26H,3-4,6-7,10,13-16H2,1-2H3,(H2,29,33). The molecule has 1 unspecified atom stereocenters. The van der Waals surface area contributed by atoms with Crippen molar-refractivity contribution in [3.05, 3.63) is 63.8 Å². The van der Waals surface area contributed by atoms with Gasteiger partial charge in [0.15, 0.2) is 0 Å². The predicted octanol–water partition coefficient (Wildman–Crippen LogP) is 5.31. The lowest BCUT2D eigenvalue weighted by Crippen LogP contribution is -2.49. The van der Waals surface area contributed by atoms with Gasteiger partial charge in [0.1, 0.15) is 0 Å². The Morgan fingerprint density at radius 1 is 1.12 bits per heavy atom. The van der Waals surface area contributed by atoms with Gasteiger partial charge in [-0.25, -0.2) is 0 Å². The highest BCUT2D eigenvalue weighted by Crippen LogP contribution is 2.38. The second kappa shape index (κ2) is 9.03. The number of nitrogens with zero attached hydrogens (tertiary/aromatic N) is 3. The van der Waals surface area contributed by atoms with E-state index < -0.39 is 0 Å². The largest absolute Gasteiger partial charge is 0.369 e. The summed E-state index contributed by atoms with van der Waals surface area (Å²) in [5.41, 5.74) is 12.7. The van der Waals surface area contributed by atoms with Crippen molar-refractivity contribution in [3.8, 4) is 0 Å². The van der Waals surface area contributed by atoms with E-state index in [1.807, 2.05) is 24.3 Å². The average molecular weight is 465 g/mol. The van der Waals surface area contributed by atoms with Gasteiger partial charge in [-0.1, -0.05) is 31.0 Å². The normalized spacial score (nSPS) is 17.5. The Kier molecular flexibility index (Phi) is 6.11. The monoisotopic (exact) mass is 464 g/mol. The number of aryl methyl sites for hydroxylation is 1. The molecule has 1 aliphatic carbocycles. The molecule has 1 amide bonds. The van der Waals surface area contributed by atoms with E-state index in [1.165, 1.54) is 34.3 Å². The smallest absolute Gasteiger partial charge is 0.248 e. The Morgan fingerprint density at radius 3 is 2.64 bits per heavy atom. The van der Waals surface area contributed by atoms with Crippen molar-refractivity contribution in [1.29, 1.82) is 0 Å². The van der Waals surface area contributed by atoms with Crippen LogP contribution in [-0.2, 0) is 12.8 Å². The molecule has 6 heteroatoms. The quantitative estimate of drug-likeness (QED) is 0.537. The van der Waals surface area contributed by atoms with E-state index in [9.17, 15) is 4.79 Å². The van der Waals surface area contributed by atoms with Crippen molar-refractivity contribution >= 4 is 34.1 Å². The number of benzene rings is 2. The summed E-state index contributed by atoms with van der Waals surface area (Å²) in [6.45, 7) is 8.41. The van der Waals surface area contributed by atoms with Crippen molar-refractivity contribution < 1.29 is 4.79 Å². The summed E-state index contributed by atoms with van der Waals surface area (Å²) >= 11 is 6.39. The van der Waals surface area contributed by atoms with Crippen LogP contribution in [-0.4, -0.2) is 41.6 Å². The number of carbonyl (C=O) groups is 1. The molecule has 0 spiro atoms. The molecule has 0 bridgehead atoms. The molecule has 1 aliphatic heterocycles. The molecule has 33 heavy (non-hydrogen) atoms. The molecule has 1 atom stereocenters. The maximum Gasteiger partial charge on any atom is 0.248 e. The molecule has 1 saturated heterocycles. The third-order valence-corrected chi connectivity index (χ3v) is 7.92. The molecule has 5 rings (SSSR count). The molecule has 3 aromatic rings. The topological polar surface area (TPSA) is 54.5 Å². The first kappa shape index (κ1) is 22.3. The summed E-state index contributed by atoms with van der Waals surface area (Å²) < 4.78 is 2.59. The number of hydrogen-bond acceptors (Lipinski definition) is 3. The van der Waals surface area contributed by atoms with Crippen LogP contribution >= 0.6 is 11.6 Å². The van der Waals surface area contributed by atoms with E-state index in [-0.39, 0.29) is 5.91 Å². The number of anilines is 1. The first-order chi connectivity index (χ1) is 16.0.